The maximum Gasteiger partial charge on any atom is 0.126 e. The van der Waals surface area contributed by atoms with Crippen LogP contribution in [0.25, 0.3) is 10.9 Å². The average molecular weight is 423 g/mol. The van der Waals surface area contributed by atoms with Crippen LogP contribution < -0.4 is 4.74 Å². The smallest absolute Gasteiger partial charge is 0.126 e. The maximum absolute atomic E-state index is 11.0. The van der Waals surface area contributed by atoms with Gasteiger partial charge in [0.1, 0.15) is 17.1 Å². The Bertz CT molecular complexity index is 1080. The van der Waals surface area contributed by atoms with Crippen LogP contribution in [0.4, 0.5) is 0 Å². The van der Waals surface area contributed by atoms with E-state index < -0.39 is 12.2 Å². The van der Waals surface area contributed by atoms with Crippen LogP contribution in [0.5, 0.6) is 11.5 Å². The number of fused-ring (bicyclic) bond motifs is 2. The van der Waals surface area contributed by atoms with Gasteiger partial charge in [-0.15, -0.1) is 0 Å². The van der Waals surface area contributed by atoms with Gasteiger partial charge in [-0.05, 0) is 44.0 Å². The highest BCUT2D eigenvalue weighted by Crippen LogP contribution is 2.45. The fourth-order valence-electron chi connectivity index (χ4n) is 5.22. The molecule has 0 radical (unpaired) electrons. The van der Waals surface area contributed by atoms with E-state index in [2.05, 4.69) is 34.7 Å². The highest BCUT2D eigenvalue weighted by molar-refractivity contribution is 5.84. The standard InChI is InChI=1S/C25H30N2O4/c1-2-27-15-20(18-5-3-4-6-21(18)27)23(30)16-26-11-9-25(10-12-26)14-22(29)19-13-17(28)7-8-24(19)31-25/h3-8,13,15,22-23,28-30H,2,9-12,14,16H2,1H3. The zero-order valence-corrected chi connectivity index (χ0v) is 17.9. The van der Waals surface area contributed by atoms with E-state index in [4.69, 9.17) is 4.74 Å². The van der Waals surface area contributed by atoms with Crippen molar-refractivity contribution in [3.63, 3.8) is 0 Å². The van der Waals surface area contributed by atoms with Crippen molar-refractivity contribution < 1.29 is 20.1 Å². The monoisotopic (exact) mass is 422 g/mol. The Hall–Kier alpha value is -2.54. The Kier molecular flexibility index (Phi) is 5.16. The molecule has 0 saturated carbocycles. The lowest BCUT2D eigenvalue weighted by Gasteiger charge is -2.46. The summed E-state index contributed by atoms with van der Waals surface area (Å²) in [6, 6.07) is 13.2. The number of para-hydroxylation sites is 1. The van der Waals surface area contributed by atoms with Gasteiger partial charge in [0.25, 0.3) is 0 Å². The second-order valence-corrected chi connectivity index (χ2v) is 8.93. The van der Waals surface area contributed by atoms with Crippen LogP contribution in [-0.2, 0) is 6.54 Å². The second-order valence-electron chi connectivity index (χ2n) is 8.93. The van der Waals surface area contributed by atoms with Crippen LogP contribution in [0.2, 0.25) is 0 Å². The molecule has 5 rings (SSSR count). The van der Waals surface area contributed by atoms with E-state index >= 15 is 0 Å². The summed E-state index contributed by atoms with van der Waals surface area (Å²) in [7, 11) is 0. The molecule has 31 heavy (non-hydrogen) atoms. The number of phenolic OH excluding ortho intramolecular Hbond substituents is 1. The van der Waals surface area contributed by atoms with E-state index in [0.29, 0.717) is 24.3 Å². The Morgan fingerprint density at radius 3 is 2.71 bits per heavy atom. The molecule has 6 heteroatoms. The maximum atomic E-state index is 11.0. The lowest BCUT2D eigenvalue weighted by Crippen LogP contribution is -2.51. The minimum Gasteiger partial charge on any atom is -0.508 e. The molecule has 2 atom stereocenters. The molecule has 1 saturated heterocycles. The summed E-state index contributed by atoms with van der Waals surface area (Å²) >= 11 is 0. The van der Waals surface area contributed by atoms with Crippen molar-refractivity contribution in [2.45, 2.75) is 50.5 Å². The molecule has 2 aliphatic rings. The van der Waals surface area contributed by atoms with Gasteiger partial charge in [0.15, 0.2) is 0 Å². The number of β-amino-alcohol motifs (C(OH)–C–C–N with tert-alkyl or cyclic N) is 1. The van der Waals surface area contributed by atoms with Gasteiger partial charge in [-0.25, -0.2) is 0 Å². The molecule has 2 aromatic carbocycles. The Morgan fingerprint density at radius 2 is 1.94 bits per heavy atom. The normalized spacial score (nSPS) is 21.7. The van der Waals surface area contributed by atoms with Gasteiger partial charge < -0.3 is 29.5 Å². The van der Waals surface area contributed by atoms with Crippen molar-refractivity contribution in [3.8, 4) is 11.5 Å². The summed E-state index contributed by atoms with van der Waals surface area (Å²) in [6.45, 7) is 5.19. The molecule has 2 unspecified atom stereocenters. The van der Waals surface area contributed by atoms with Crippen LogP contribution >= 0.6 is 0 Å². The summed E-state index contributed by atoms with van der Waals surface area (Å²) in [5.41, 5.74) is 2.42. The minimum atomic E-state index is -0.631. The largest absolute Gasteiger partial charge is 0.508 e. The number of aromatic nitrogens is 1. The number of nitrogens with zero attached hydrogens (tertiary/aromatic N) is 2. The molecular weight excluding hydrogens is 392 g/mol. The van der Waals surface area contributed by atoms with E-state index in [1.54, 1.807) is 18.2 Å². The van der Waals surface area contributed by atoms with Gasteiger partial charge >= 0.3 is 0 Å². The van der Waals surface area contributed by atoms with Crippen molar-refractivity contribution in [3.05, 3.63) is 59.8 Å². The first-order valence-corrected chi connectivity index (χ1v) is 11.2. The number of phenols is 1. The first-order chi connectivity index (χ1) is 15.0. The first kappa shape index (κ1) is 20.4. The molecule has 164 valence electrons. The SMILES string of the molecule is CCn1cc(C(O)CN2CCC3(CC2)CC(O)c2cc(O)ccc2O3)c2ccccc21. The molecule has 1 spiro atoms. The number of rotatable bonds is 4. The summed E-state index contributed by atoms with van der Waals surface area (Å²) in [4.78, 5) is 2.29. The van der Waals surface area contributed by atoms with Crippen LogP contribution in [0.15, 0.2) is 48.7 Å². The van der Waals surface area contributed by atoms with E-state index in [0.717, 1.165) is 48.9 Å². The first-order valence-electron chi connectivity index (χ1n) is 11.2. The third-order valence-electron chi connectivity index (χ3n) is 6.96. The molecule has 6 nitrogen and oxygen atoms in total. The highest BCUT2D eigenvalue weighted by Gasteiger charge is 2.43. The number of hydrogen-bond donors (Lipinski definition) is 3. The average Bonchev–Trinajstić information content (AvgIpc) is 3.15. The lowest BCUT2D eigenvalue weighted by atomic mass is 9.81. The van der Waals surface area contributed by atoms with Gasteiger partial charge in [-0.3, -0.25) is 0 Å². The van der Waals surface area contributed by atoms with Crippen LogP contribution in [0, 0.1) is 0 Å². The second kappa shape index (κ2) is 7.86. The van der Waals surface area contributed by atoms with Crippen molar-refractivity contribution >= 4 is 10.9 Å². The molecule has 0 aliphatic carbocycles. The molecule has 3 aromatic rings. The molecular formula is C25H30N2O4. The van der Waals surface area contributed by atoms with E-state index in [-0.39, 0.29) is 11.4 Å². The molecule has 3 heterocycles. The number of aryl methyl sites for hydroxylation is 1. The third kappa shape index (κ3) is 3.69. The molecule has 3 N–H and O–H groups in total. The van der Waals surface area contributed by atoms with E-state index in [1.807, 2.05) is 12.1 Å². The fraction of sp³-hybridized carbons (Fsp3) is 0.440. The number of benzene rings is 2. The lowest BCUT2D eigenvalue weighted by molar-refractivity contribution is -0.0588. The van der Waals surface area contributed by atoms with Crippen molar-refractivity contribution in [1.82, 2.24) is 9.47 Å². The zero-order valence-electron chi connectivity index (χ0n) is 17.9. The molecule has 2 aliphatic heterocycles. The molecule has 1 aromatic heterocycles. The summed E-state index contributed by atoms with van der Waals surface area (Å²) in [6.07, 6.45) is 3.03. The van der Waals surface area contributed by atoms with Gasteiger partial charge in [-0.2, -0.15) is 0 Å². The van der Waals surface area contributed by atoms with Crippen LogP contribution in [-0.4, -0.2) is 50.0 Å². The minimum absolute atomic E-state index is 0.144. The van der Waals surface area contributed by atoms with Crippen molar-refractivity contribution in [2.24, 2.45) is 0 Å². The number of hydrogen-bond acceptors (Lipinski definition) is 5. The zero-order chi connectivity index (χ0) is 21.6. The summed E-state index contributed by atoms with van der Waals surface area (Å²) < 4.78 is 8.52. The van der Waals surface area contributed by atoms with Crippen molar-refractivity contribution in [1.29, 1.82) is 0 Å². The van der Waals surface area contributed by atoms with Gasteiger partial charge in [0.2, 0.25) is 0 Å². The highest BCUT2D eigenvalue weighted by atomic mass is 16.5. The topological polar surface area (TPSA) is 78.1 Å². The van der Waals surface area contributed by atoms with Crippen LogP contribution in [0.3, 0.4) is 0 Å². The number of piperidine rings is 1. The number of aliphatic hydroxyl groups excluding tert-OH is 2. The Morgan fingerprint density at radius 1 is 1.16 bits per heavy atom. The predicted octanol–water partition coefficient (Wildman–Crippen LogP) is 3.75. The Balaban J connectivity index is 1.27. The number of ether oxygens (including phenoxy) is 1. The van der Waals surface area contributed by atoms with Gasteiger partial charge in [-0.1, -0.05) is 18.2 Å². The molecule has 0 amide bonds. The molecule has 1 fully saturated rings. The van der Waals surface area contributed by atoms with Gasteiger partial charge in [0, 0.05) is 60.8 Å². The number of aromatic hydroxyl groups is 1. The third-order valence-corrected chi connectivity index (χ3v) is 6.96. The number of likely N-dealkylation sites (tertiary alicyclic amines) is 1. The summed E-state index contributed by atoms with van der Waals surface area (Å²) in [5, 5.41) is 32.5. The Labute approximate surface area is 182 Å². The van der Waals surface area contributed by atoms with Crippen molar-refractivity contribution in [2.75, 3.05) is 19.6 Å². The van der Waals surface area contributed by atoms with Crippen LogP contribution in [0.1, 0.15) is 49.5 Å². The fourth-order valence-corrected chi connectivity index (χ4v) is 5.22. The van der Waals surface area contributed by atoms with Gasteiger partial charge in [0.05, 0.1) is 12.2 Å². The van der Waals surface area contributed by atoms with E-state index in [1.165, 1.54) is 0 Å². The predicted molar refractivity (Wildman–Crippen MR) is 119 cm³/mol. The molecule has 0 bridgehead atoms. The quantitative estimate of drug-likeness (QED) is 0.597. The summed E-state index contributed by atoms with van der Waals surface area (Å²) in [5.74, 6) is 0.808. The van der Waals surface area contributed by atoms with E-state index in [9.17, 15) is 15.3 Å². The number of aliphatic hydroxyl groups is 2.